The lowest BCUT2D eigenvalue weighted by Gasteiger charge is -2.18. The highest BCUT2D eigenvalue weighted by atomic mass is 127. The standard InChI is InChI=1S/C17H15ClFIN4O/c1-9(21)16-22-14-4-2-3-10(8-20)15(14)17(25)24(16)23-13-6-5-11(19)7-12(13)18/h2-7,9,23H,8,21H2,1H3/t9-/m0/s1. The first-order chi connectivity index (χ1) is 11.9. The second kappa shape index (κ2) is 7.27. The second-order valence-electron chi connectivity index (χ2n) is 5.58. The van der Waals surface area contributed by atoms with Crippen molar-refractivity contribution in [2.24, 2.45) is 5.73 Å². The summed E-state index contributed by atoms with van der Waals surface area (Å²) in [4.78, 5) is 17.6. The Morgan fingerprint density at radius 1 is 1.40 bits per heavy atom. The van der Waals surface area contributed by atoms with Crippen molar-refractivity contribution in [3.63, 3.8) is 0 Å². The van der Waals surface area contributed by atoms with Crippen molar-refractivity contribution in [3.05, 3.63) is 69.0 Å². The molecule has 8 heteroatoms. The first-order valence-electron chi connectivity index (χ1n) is 7.50. The van der Waals surface area contributed by atoms with E-state index in [9.17, 15) is 9.18 Å². The van der Waals surface area contributed by atoms with Crippen molar-refractivity contribution < 1.29 is 4.39 Å². The highest BCUT2D eigenvalue weighted by Crippen LogP contribution is 2.24. The van der Waals surface area contributed by atoms with Crippen LogP contribution in [-0.4, -0.2) is 9.66 Å². The summed E-state index contributed by atoms with van der Waals surface area (Å²) in [6.07, 6.45) is 0. The van der Waals surface area contributed by atoms with E-state index < -0.39 is 11.9 Å². The molecule has 0 saturated carbocycles. The number of anilines is 1. The molecule has 0 aliphatic heterocycles. The van der Waals surface area contributed by atoms with Crippen molar-refractivity contribution in [2.45, 2.75) is 17.4 Å². The molecule has 0 spiro atoms. The molecule has 1 heterocycles. The molecule has 3 N–H and O–H groups in total. The van der Waals surface area contributed by atoms with E-state index in [1.807, 2.05) is 12.1 Å². The summed E-state index contributed by atoms with van der Waals surface area (Å²) in [7, 11) is 0. The van der Waals surface area contributed by atoms with Gasteiger partial charge in [-0.25, -0.2) is 14.1 Å². The Kier molecular flexibility index (Phi) is 5.26. The number of halogens is 3. The Morgan fingerprint density at radius 3 is 2.80 bits per heavy atom. The fourth-order valence-electron chi connectivity index (χ4n) is 2.54. The van der Waals surface area contributed by atoms with E-state index in [4.69, 9.17) is 17.3 Å². The largest absolute Gasteiger partial charge is 0.322 e. The van der Waals surface area contributed by atoms with Gasteiger partial charge in [0.15, 0.2) is 0 Å². The van der Waals surface area contributed by atoms with Crippen molar-refractivity contribution in [3.8, 4) is 0 Å². The fraction of sp³-hybridized carbons (Fsp3) is 0.176. The summed E-state index contributed by atoms with van der Waals surface area (Å²) < 4.78 is 15.2. The summed E-state index contributed by atoms with van der Waals surface area (Å²) in [6, 6.07) is 8.94. The van der Waals surface area contributed by atoms with Crippen molar-refractivity contribution in [2.75, 3.05) is 5.43 Å². The zero-order valence-corrected chi connectivity index (χ0v) is 16.2. The number of nitrogens with two attached hydrogens (primary N) is 1. The second-order valence-corrected chi connectivity index (χ2v) is 6.75. The molecule has 0 radical (unpaired) electrons. The molecular formula is C17H15ClFIN4O. The molecule has 1 atom stereocenters. The zero-order valence-electron chi connectivity index (χ0n) is 13.3. The summed E-state index contributed by atoms with van der Waals surface area (Å²) in [5, 5.41) is 0.678. The van der Waals surface area contributed by atoms with Crippen molar-refractivity contribution in [1.82, 2.24) is 9.66 Å². The fourth-order valence-corrected chi connectivity index (χ4v) is 3.39. The maximum absolute atomic E-state index is 13.3. The Hall–Kier alpha value is -1.71. The molecule has 2 aromatic carbocycles. The van der Waals surface area contributed by atoms with Crippen LogP contribution in [0, 0.1) is 5.82 Å². The smallest absolute Gasteiger partial charge is 0.280 e. The van der Waals surface area contributed by atoms with Crippen molar-refractivity contribution >= 4 is 50.8 Å². The first-order valence-corrected chi connectivity index (χ1v) is 9.41. The molecule has 3 aromatic rings. The highest BCUT2D eigenvalue weighted by Gasteiger charge is 2.17. The molecule has 1 aromatic heterocycles. The Balaban J connectivity index is 2.26. The van der Waals surface area contributed by atoms with Crippen LogP contribution in [0.25, 0.3) is 10.9 Å². The van der Waals surface area contributed by atoms with Crippen LogP contribution in [-0.2, 0) is 4.43 Å². The number of nitrogens with zero attached hydrogens (tertiary/aromatic N) is 2. The first kappa shape index (κ1) is 18.1. The Bertz CT molecular complexity index is 1010. The van der Waals surface area contributed by atoms with E-state index >= 15 is 0 Å². The lowest BCUT2D eigenvalue weighted by Crippen LogP contribution is -2.33. The van der Waals surface area contributed by atoms with Gasteiger partial charge >= 0.3 is 0 Å². The average molecular weight is 473 g/mol. The minimum absolute atomic E-state index is 0.157. The lowest BCUT2D eigenvalue weighted by atomic mass is 10.1. The van der Waals surface area contributed by atoms with Crippen LogP contribution in [0.15, 0.2) is 41.2 Å². The SMILES string of the molecule is C[C@H](N)c1nc2cccc(CI)c2c(=O)n1Nc1ccc(F)cc1Cl. The molecular weight excluding hydrogens is 458 g/mol. The van der Waals surface area contributed by atoms with Gasteiger partial charge in [-0.2, -0.15) is 0 Å². The number of aromatic nitrogens is 2. The molecule has 0 fully saturated rings. The Morgan fingerprint density at radius 2 is 2.16 bits per heavy atom. The van der Waals surface area contributed by atoms with Crippen molar-refractivity contribution in [1.29, 1.82) is 0 Å². The highest BCUT2D eigenvalue weighted by molar-refractivity contribution is 14.1. The number of benzene rings is 2. The molecule has 0 amide bonds. The zero-order chi connectivity index (χ0) is 18.1. The predicted molar refractivity (Wildman–Crippen MR) is 107 cm³/mol. The summed E-state index contributed by atoms with van der Waals surface area (Å²) in [5.74, 6) is -0.0948. The number of rotatable bonds is 4. The molecule has 0 unspecified atom stereocenters. The predicted octanol–water partition coefficient (Wildman–Crippen LogP) is 4.02. The molecule has 0 saturated heterocycles. The normalized spacial score (nSPS) is 12.4. The number of hydrogen-bond donors (Lipinski definition) is 2. The third-order valence-electron chi connectivity index (χ3n) is 3.72. The van der Waals surface area contributed by atoms with Gasteiger partial charge in [0.1, 0.15) is 11.6 Å². The summed E-state index contributed by atoms with van der Waals surface area (Å²) in [6.45, 7) is 1.74. The van der Waals surface area contributed by atoms with Gasteiger partial charge < -0.3 is 5.73 Å². The van der Waals surface area contributed by atoms with Gasteiger partial charge in [-0.05, 0) is 36.8 Å². The van der Waals surface area contributed by atoms with Crippen LogP contribution < -0.4 is 16.7 Å². The van der Waals surface area contributed by atoms with Gasteiger partial charge in [0.2, 0.25) is 0 Å². The average Bonchev–Trinajstić information content (AvgIpc) is 2.58. The van der Waals surface area contributed by atoms with E-state index in [2.05, 4.69) is 33.0 Å². The topological polar surface area (TPSA) is 72.9 Å². The summed E-state index contributed by atoms with van der Waals surface area (Å²) in [5.41, 5.74) is 10.5. The molecule has 5 nitrogen and oxygen atoms in total. The maximum Gasteiger partial charge on any atom is 0.280 e. The third kappa shape index (κ3) is 3.49. The van der Waals surface area contributed by atoms with Gasteiger partial charge in [-0.3, -0.25) is 10.2 Å². The summed E-state index contributed by atoms with van der Waals surface area (Å²) >= 11 is 8.27. The van der Waals surface area contributed by atoms with E-state index in [0.717, 1.165) is 5.56 Å². The molecule has 3 rings (SSSR count). The van der Waals surface area contributed by atoms with Crippen LogP contribution in [0.1, 0.15) is 24.4 Å². The minimum Gasteiger partial charge on any atom is -0.322 e. The lowest BCUT2D eigenvalue weighted by molar-refractivity contribution is 0.627. The van der Waals surface area contributed by atoms with Crippen LogP contribution in [0.4, 0.5) is 10.1 Å². The minimum atomic E-state index is -0.493. The van der Waals surface area contributed by atoms with Gasteiger partial charge in [0, 0.05) is 4.43 Å². The van der Waals surface area contributed by atoms with E-state index in [1.165, 1.54) is 22.9 Å². The maximum atomic E-state index is 13.3. The molecule has 0 aliphatic rings. The van der Waals surface area contributed by atoms with Crippen LogP contribution >= 0.6 is 34.2 Å². The van der Waals surface area contributed by atoms with E-state index in [0.29, 0.717) is 26.8 Å². The van der Waals surface area contributed by atoms with Gasteiger partial charge in [0.05, 0.1) is 27.7 Å². The molecule has 0 bridgehead atoms. The number of fused-ring (bicyclic) bond motifs is 1. The molecule has 0 aliphatic carbocycles. The van der Waals surface area contributed by atoms with Crippen LogP contribution in [0.5, 0.6) is 0 Å². The van der Waals surface area contributed by atoms with Gasteiger partial charge in [-0.1, -0.05) is 46.3 Å². The quantitative estimate of drug-likeness (QED) is 0.444. The van der Waals surface area contributed by atoms with Gasteiger partial charge in [-0.15, -0.1) is 0 Å². The van der Waals surface area contributed by atoms with Crippen LogP contribution in [0.2, 0.25) is 5.02 Å². The molecule has 25 heavy (non-hydrogen) atoms. The number of hydrogen-bond acceptors (Lipinski definition) is 4. The van der Waals surface area contributed by atoms with E-state index in [1.54, 1.807) is 13.0 Å². The monoisotopic (exact) mass is 472 g/mol. The number of alkyl halides is 1. The number of nitrogens with one attached hydrogen (secondary N) is 1. The van der Waals surface area contributed by atoms with E-state index in [-0.39, 0.29) is 10.6 Å². The van der Waals surface area contributed by atoms with Gasteiger partial charge in [0.25, 0.3) is 5.56 Å². The Labute approximate surface area is 162 Å². The molecule has 130 valence electrons. The third-order valence-corrected chi connectivity index (χ3v) is 4.86. The van der Waals surface area contributed by atoms with Crippen LogP contribution in [0.3, 0.4) is 0 Å².